The van der Waals surface area contributed by atoms with Gasteiger partial charge >= 0.3 is 5.97 Å². The maximum atomic E-state index is 12.5. The van der Waals surface area contributed by atoms with Crippen molar-refractivity contribution in [1.82, 2.24) is 0 Å². The standard InChI is InChI=1S/C16H27NO5/c1-11(2)16(19,12(3)21-4)15(18)22-10-13-7-9-17(20)8-5-6-14(13)17/h7,11-12,14,19H,5-6,8-10H2,1-4H3/t12?,14-,16?,17?/m0/s1. The van der Waals surface area contributed by atoms with Gasteiger partial charge in [-0.15, -0.1) is 0 Å². The summed E-state index contributed by atoms with van der Waals surface area (Å²) in [7, 11) is 1.45. The Kier molecular flexibility index (Phi) is 4.96. The number of quaternary nitrogens is 1. The van der Waals surface area contributed by atoms with Crippen LogP contribution in [0.15, 0.2) is 11.6 Å². The number of nitrogens with zero attached hydrogens (tertiary/aromatic N) is 1. The molecule has 0 saturated carbocycles. The van der Waals surface area contributed by atoms with E-state index in [1.54, 1.807) is 20.8 Å². The number of aliphatic hydroxyl groups is 1. The maximum absolute atomic E-state index is 12.5. The Morgan fingerprint density at radius 3 is 2.82 bits per heavy atom. The molecule has 3 unspecified atom stereocenters. The summed E-state index contributed by atoms with van der Waals surface area (Å²) >= 11 is 0. The van der Waals surface area contributed by atoms with E-state index in [4.69, 9.17) is 9.47 Å². The average Bonchev–Trinajstić information content (AvgIpc) is 2.99. The number of rotatable bonds is 6. The van der Waals surface area contributed by atoms with Crippen LogP contribution in [0.4, 0.5) is 0 Å². The summed E-state index contributed by atoms with van der Waals surface area (Å²) in [6, 6.07) is -0.0835. The van der Waals surface area contributed by atoms with E-state index in [2.05, 4.69) is 0 Å². The molecule has 6 heteroatoms. The molecule has 6 nitrogen and oxygen atoms in total. The van der Waals surface area contributed by atoms with Gasteiger partial charge in [-0.05, 0) is 18.9 Å². The van der Waals surface area contributed by atoms with Crippen LogP contribution in [0.2, 0.25) is 0 Å². The summed E-state index contributed by atoms with van der Waals surface area (Å²) in [6.45, 7) is 6.32. The zero-order valence-electron chi connectivity index (χ0n) is 13.9. The summed E-state index contributed by atoms with van der Waals surface area (Å²) in [5, 5.41) is 23.1. The van der Waals surface area contributed by atoms with Crippen LogP contribution >= 0.6 is 0 Å². The van der Waals surface area contributed by atoms with E-state index in [-0.39, 0.29) is 23.2 Å². The smallest absolute Gasteiger partial charge is 0.341 e. The van der Waals surface area contributed by atoms with Crippen LogP contribution in [0.5, 0.6) is 0 Å². The number of hydroxylamine groups is 3. The van der Waals surface area contributed by atoms with Gasteiger partial charge < -0.3 is 24.4 Å². The normalized spacial score (nSPS) is 31.6. The minimum Gasteiger partial charge on any atom is -0.632 e. The Hall–Kier alpha value is -0.950. The van der Waals surface area contributed by atoms with Crippen LogP contribution in [0.3, 0.4) is 0 Å². The second-order valence-electron chi connectivity index (χ2n) is 6.73. The molecule has 126 valence electrons. The number of hydrogen-bond donors (Lipinski definition) is 1. The summed E-state index contributed by atoms with van der Waals surface area (Å²) in [5.41, 5.74) is -0.801. The third kappa shape index (κ3) is 2.80. The largest absolute Gasteiger partial charge is 0.632 e. The van der Waals surface area contributed by atoms with Gasteiger partial charge in [-0.3, -0.25) is 0 Å². The molecule has 0 aromatic rings. The number of ether oxygens (including phenoxy) is 2. The average molecular weight is 313 g/mol. The van der Waals surface area contributed by atoms with Gasteiger partial charge in [0.2, 0.25) is 0 Å². The molecule has 1 fully saturated rings. The summed E-state index contributed by atoms with van der Waals surface area (Å²) in [5.74, 6) is -1.03. The monoisotopic (exact) mass is 313 g/mol. The molecule has 0 aromatic carbocycles. The van der Waals surface area contributed by atoms with E-state index in [9.17, 15) is 15.1 Å². The summed E-state index contributed by atoms with van der Waals surface area (Å²) < 4.78 is 10.3. The molecular weight excluding hydrogens is 286 g/mol. The molecule has 22 heavy (non-hydrogen) atoms. The number of carbonyl (C=O) groups is 1. The molecule has 0 aliphatic carbocycles. The van der Waals surface area contributed by atoms with Crippen molar-refractivity contribution < 1.29 is 24.0 Å². The zero-order valence-corrected chi connectivity index (χ0v) is 13.9. The Morgan fingerprint density at radius 1 is 1.55 bits per heavy atom. The van der Waals surface area contributed by atoms with Gasteiger partial charge in [-0.25, -0.2) is 4.79 Å². The van der Waals surface area contributed by atoms with Crippen molar-refractivity contribution >= 4 is 5.97 Å². The van der Waals surface area contributed by atoms with Gasteiger partial charge in [0.05, 0.1) is 19.2 Å². The van der Waals surface area contributed by atoms with Crippen molar-refractivity contribution in [2.24, 2.45) is 5.92 Å². The third-order valence-corrected chi connectivity index (χ3v) is 5.22. The maximum Gasteiger partial charge on any atom is 0.341 e. The van der Waals surface area contributed by atoms with Gasteiger partial charge in [-0.2, -0.15) is 0 Å². The second kappa shape index (κ2) is 6.28. The van der Waals surface area contributed by atoms with Crippen molar-refractivity contribution in [3.8, 4) is 0 Å². The second-order valence-corrected chi connectivity index (χ2v) is 6.73. The topological polar surface area (TPSA) is 78.8 Å². The lowest BCUT2D eigenvalue weighted by atomic mass is 9.85. The van der Waals surface area contributed by atoms with Crippen molar-refractivity contribution in [2.75, 3.05) is 26.8 Å². The van der Waals surface area contributed by atoms with E-state index >= 15 is 0 Å². The highest BCUT2D eigenvalue weighted by atomic mass is 16.6. The molecule has 0 bridgehead atoms. The van der Waals surface area contributed by atoms with E-state index in [0.717, 1.165) is 18.4 Å². The number of esters is 1. The lowest BCUT2D eigenvalue weighted by molar-refractivity contribution is -0.875. The highest BCUT2D eigenvalue weighted by Gasteiger charge is 2.47. The number of carbonyl (C=O) groups excluding carboxylic acids is 1. The molecule has 0 aromatic heterocycles. The lowest BCUT2D eigenvalue weighted by Crippen LogP contribution is -2.54. The predicted octanol–water partition coefficient (Wildman–Crippen LogP) is 1.37. The Labute approximate surface area is 131 Å². The van der Waals surface area contributed by atoms with E-state index in [0.29, 0.717) is 13.1 Å². The van der Waals surface area contributed by atoms with E-state index in [1.165, 1.54) is 7.11 Å². The molecule has 2 aliphatic heterocycles. The Morgan fingerprint density at radius 2 is 2.23 bits per heavy atom. The predicted molar refractivity (Wildman–Crippen MR) is 81.7 cm³/mol. The van der Waals surface area contributed by atoms with E-state index < -0.39 is 17.7 Å². The molecular formula is C16H27NO5. The fourth-order valence-electron chi connectivity index (χ4n) is 3.53. The minimum absolute atomic E-state index is 0.0806. The molecule has 2 heterocycles. The number of hydrogen-bond acceptors (Lipinski definition) is 5. The van der Waals surface area contributed by atoms with Crippen molar-refractivity contribution in [3.63, 3.8) is 0 Å². The van der Waals surface area contributed by atoms with Crippen LogP contribution in [0.25, 0.3) is 0 Å². The highest BCUT2D eigenvalue weighted by Crippen LogP contribution is 2.36. The number of fused-ring (bicyclic) bond motifs is 1. The van der Waals surface area contributed by atoms with Crippen molar-refractivity contribution in [1.29, 1.82) is 0 Å². The molecule has 4 atom stereocenters. The zero-order chi connectivity index (χ0) is 16.5. The van der Waals surface area contributed by atoms with Crippen LogP contribution in [0, 0.1) is 11.1 Å². The van der Waals surface area contributed by atoms with Crippen molar-refractivity contribution in [2.45, 2.75) is 51.4 Å². The third-order valence-electron chi connectivity index (χ3n) is 5.22. The molecule has 1 saturated heterocycles. The molecule has 0 spiro atoms. The van der Waals surface area contributed by atoms with E-state index in [1.807, 2.05) is 6.08 Å². The molecule has 2 aliphatic rings. The summed E-state index contributed by atoms with van der Waals surface area (Å²) in [6.07, 6.45) is 2.97. The van der Waals surface area contributed by atoms with Gasteiger partial charge in [0.15, 0.2) is 5.60 Å². The first-order valence-corrected chi connectivity index (χ1v) is 7.94. The van der Waals surface area contributed by atoms with Crippen LogP contribution in [0.1, 0.15) is 33.6 Å². The first-order valence-electron chi connectivity index (χ1n) is 7.94. The van der Waals surface area contributed by atoms with Crippen LogP contribution in [-0.2, 0) is 14.3 Å². The van der Waals surface area contributed by atoms with Gasteiger partial charge in [0.1, 0.15) is 12.6 Å². The Bertz CT molecular complexity index is 463. The van der Waals surface area contributed by atoms with Gasteiger partial charge in [-0.1, -0.05) is 13.8 Å². The molecule has 0 radical (unpaired) electrons. The van der Waals surface area contributed by atoms with Crippen LogP contribution in [-0.4, -0.2) is 60.3 Å². The molecule has 1 N–H and O–H groups in total. The number of methoxy groups -OCH3 is 1. The summed E-state index contributed by atoms with van der Waals surface area (Å²) in [4.78, 5) is 12.4. The quantitative estimate of drug-likeness (QED) is 0.347. The fraction of sp³-hybridized carbons (Fsp3) is 0.812. The SMILES string of the molecule is COC(C)C(O)(C(=O)OCC1=CC[N+]2([O-])CCC[C@@H]12)C(C)C. The minimum atomic E-state index is -1.69. The molecule has 0 amide bonds. The molecule has 2 rings (SSSR count). The fourth-order valence-corrected chi connectivity index (χ4v) is 3.53. The van der Waals surface area contributed by atoms with Gasteiger partial charge in [0, 0.05) is 25.5 Å². The Balaban J connectivity index is 2.00. The first kappa shape index (κ1) is 17.4. The van der Waals surface area contributed by atoms with Crippen molar-refractivity contribution in [3.05, 3.63) is 16.9 Å². The first-order chi connectivity index (χ1) is 10.3. The van der Waals surface area contributed by atoms with Gasteiger partial charge in [0.25, 0.3) is 0 Å². The van der Waals surface area contributed by atoms with Crippen LogP contribution < -0.4 is 0 Å². The lowest BCUT2D eigenvalue weighted by Gasteiger charge is -2.40. The highest BCUT2D eigenvalue weighted by molar-refractivity contribution is 5.80.